The van der Waals surface area contributed by atoms with Crippen LogP contribution in [0.4, 0.5) is 14.9 Å². The summed E-state index contributed by atoms with van der Waals surface area (Å²) in [4.78, 5) is 11.7. The van der Waals surface area contributed by atoms with Crippen LogP contribution in [0.3, 0.4) is 0 Å². The smallest absolute Gasteiger partial charge is 0.319 e. The molecule has 0 saturated heterocycles. The molecule has 3 nitrogen and oxygen atoms in total. The number of amides is 2. The highest BCUT2D eigenvalue weighted by atomic mass is 79.9. The molecule has 1 aromatic rings. The van der Waals surface area contributed by atoms with E-state index in [1.807, 2.05) is 0 Å². The lowest BCUT2D eigenvalue weighted by atomic mass is 9.97. The van der Waals surface area contributed by atoms with E-state index in [1.54, 1.807) is 0 Å². The Labute approximate surface area is 126 Å². The summed E-state index contributed by atoms with van der Waals surface area (Å²) in [6, 6.07) is 3.90. The number of nitrogens with one attached hydrogen (secondary N) is 2. The molecule has 0 heterocycles. The van der Waals surface area contributed by atoms with Crippen molar-refractivity contribution < 1.29 is 9.18 Å². The average Bonchev–Trinajstić information content (AvgIpc) is 2.43. The quantitative estimate of drug-likeness (QED) is 0.772. The molecule has 0 spiro atoms. The molecule has 0 fully saturated rings. The second-order valence-corrected chi connectivity index (χ2v) is 5.72. The zero-order valence-corrected chi connectivity index (χ0v) is 12.8. The van der Waals surface area contributed by atoms with Gasteiger partial charge in [0.1, 0.15) is 5.82 Å². The van der Waals surface area contributed by atoms with Gasteiger partial charge in [-0.1, -0.05) is 11.6 Å². The number of urea groups is 1. The molecule has 0 aromatic heterocycles. The van der Waals surface area contributed by atoms with Crippen molar-refractivity contribution in [2.24, 2.45) is 0 Å². The molecule has 0 aliphatic heterocycles. The van der Waals surface area contributed by atoms with E-state index >= 15 is 0 Å². The highest BCUT2D eigenvalue weighted by Crippen LogP contribution is 2.23. The predicted octanol–water partition coefficient (Wildman–Crippen LogP) is 4.60. The fraction of sp³-hybridized carbons (Fsp3) is 0.400. The Kier molecular flexibility index (Phi) is 5.59. The van der Waals surface area contributed by atoms with Gasteiger partial charge in [0.2, 0.25) is 0 Å². The summed E-state index contributed by atoms with van der Waals surface area (Å²) >= 11 is 3.21. The molecule has 108 valence electrons. The van der Waals surface area contributed by atoms with Crippen molar-refractivity contribution in [2.75, 3.05) is 11.9 Å². The summed E-state index contributed by atoms with van der Waals surface area (Å²) in [5.41, 5.74) is 1.99. The Morgan fingerprint density at radius 1 is 1.35 bits per heavy atom. The van der Waals surface area contributed by atoms with Crippen molar-refractivity contribution in [3.63, 3.8) is 0 Å². The average molecular weight is 341 g/mol. The third kappa shape index (κ3) is 4.63. The van der Waals surface area contributed by atoms with Crippen LogP contribution in [0.5, 0.6) is 0 Å². The highest BCUT2D eigenvalue weighted by Gasteiger charge is 2.07. The molecular weight excluding hydrogens is 323 g/mol. The van der Waals surface area contributed by atoms with E-state index in [-0.39, 0.29) is 11.8 Å². The number of carbonyl (C=O) groups is 1. The topological polar surface area (TPSA) is 41.1 Å². The number of benzene rings is 1. The fourth-order valence-corrected chi connectivity index (χ4v) is 2.68. The molecule has 1 aliphatic rings. The van der Waals surface area contributed by atoms with E-state index in [0.29, 0.717) is 16.7 Å². The number of allylic oxidation sites excluding steroid dienone is 1. The summed E-state index contributed by atoms with van der Waals surface area (Å²) in [6.07, 6.45) is 8.01. The van der Waals surface area contributed by atoms with Crippen LogP contribution in [-0.2, 0) is 0 Å². The number of anilines is 1. The van der Waals surface area contributed by atoms with E-state index in [1.165, 1.54) is 36.6 Å². The maximum absolute atomic E-state index is 12.9. The van der Waals surface area contributed by atoms with Gasteiger partial charge in [-0.3, -0.25) is 0 Å². The van der Waals surface area contributed by atoms with Crippen LogP contribution < -0.4 is 10.6 Å². The van der Waals surface area contributed by atoms with Gasteiger partial charge in [0.05, 0.1) is 5.69 Å². The van der Waals surface area contributed by atoms with Crippen molar-refractivity contribution in [1.29, 1.82) is 0 Å². The third-order valence-corrected chi connectivity index (χ3v) is 3.95. The van der Waals surface area contributed by atoms with Crippen molar-refractivity contribution in [2.45, 2.75) is 32.1 Å². The molecule has 1 aliphatic carbocycles. The first-order valence-electron chi connectivity index (χ1n) is 6.83. The van der Waals surface area contributed by atoms with E-state index in [9.17, 15) is 9.18 Å². The van der Waals surface area contributed by atoms with Gasteiger partial charge in [-0.15, -0.1) is 0 Å². The largest absolute Gasteiger partial charge is 0.338 e. The summed E-state index contributed by atoms with van der Waals surface area (Å²) < 4.78 is 13.5. The van der Waals surface area contributed by atoms with Crippen LogP contribution in [0.25, 0.3) is 0 Å². The van der Waals surface area contributed by atoms with Gasteiger partial charge in [0, 0.05) is 11.0 Å². The summed E-state index contributed by atoms with van der Waals surface area (Å²) in [7, 11) is 0. The molecule has 0 bridgehead atoms. The van der Waals surface area contributed by atoms with Crippen molar-refractivity contribution in [3.05, 3.63) is 40.1 Å². The van der Waals surface area contributed by atoms with E-state index in [4.69, 9.17) is 0 Å². The van der Waals surface area contributed by atoms with Crippen LogP contribution in [-0.4, -0.2) is 12.6 Å². The fourth-order valence-electron chi connectivity index (χ4n) is 2.23. The molecule has 1 aromatic carbocycles. The van der Waals surface area contributed by atoms with Gasteiger partial charge in [-0.25, -0.2) is 9.18 Å². The Balaban J connectivity index is 1.76. The molecule has 0 saturated carbocycles. The Hall–Kier alpha value is -1.36. The van der Waals surface area contributed by atoms with E-state index in [2.05, 4.69) is 32.6 Å². The van der Waals surface area contributed by atoms with Crippen molar-refractivity contribution in [3.8, 4) is 0 Å². The monoisotopic (exact) mass is 340 g/mol. The third-order valence-electron chi connectivity index (χ3n) is 3.30. The van der Waals surface area contributed by atoms with Crippen molar-refractivity contribution >= 4 is 27.6 Å². The molecule has 0 unspecified atom stereocenters. The molecule has 2 amide bonds. The van der Waals surface area contributed by atoms with Gasteiger partial charge >= 0.3 is 6.03 Å². The zero-order chi connectivity index (χ0) is 14.4. The molecular formula is C15H18BrFN2O. The van der Waals surface area contributed by atoms with Crippen molar-refractivity contribution in [1.82, 2.24) is 5.32 Å². The molecule has 2 N–H and O–H groups in total. The summed E-state index contributed by atoms with van der Waals surface area (Å²) in [6.45, 7) is 0.622. The molecule has 2 rings (SSSR count). The van der Waals surface area contributed by atoms with Gasteiger partial charge in [0.15, 0.2) is 0 Å². The summed E-state index contributed by atoms with van der Waals surface area (Å²) in [5, 5.41) is 5.51. The SMILES string of the molecule is O=C(NCCC1=CCCCC1)Nc1ccc(F)cc1Br. The molecule has 0 atom stereocenters. The van der Waals surface area contributed by atoms with Crippen LogP contribution in [0, 0.1) is 5.82 Å². The van der Waals surface area contributed by atoms with Crippen LogP contribution in [0.2, 0.25) is 0 Å². The number of hydrogen-bond acceptors (Lipinski definition) is 1. The zero-order valence-electron chi connectivity index (χ0n) is 11.2. The van der Waals surface area contributed by atoms with Crippen LogP contribution >= 0.6 is 15.9 Å². The maximum Gasteiger partial charge on any atom is 0.319 e. The first kappa shape index (κ1) is 15.0. The van der Waals surface area contributed by atoms with Crippen LogP contribution in [0.1, 0.15) is 32.1 Å². The first-order chi connectivity index (χ1) is 9.65. The molecule has 0 radical (unpaired) electrons. The van der Waals surface area contributed by atoms with Gasteiger partial charge in [-0.05, 0) is 66.2 Å². The minimum absolute atomic E-state index is 0.270. The molecule has 20 heavy (non-hydrogen) atoms. The number of carbonyl (C=O) groups excluding carboxylic acids is 1. The maximum atomic E-state index is 12.9. The van der Waals surface area contributed by atoms with Gasteiger partial charge in [0.25, 0.3) is 0 Å². The van der Waals surface area contributed by atoms with E-state index < -0.39 is 0 Å². The Bertz CT molecular complexity index is 517. The predicted molar refractivity (Wildman–Crippen MR) is 82.3 cm³/mol. The number of hydrogen-bond donors (Lipinski definition) is 2. The van der Waals surface area contributed by atoms with Gasteiger partial charge in [-0.2, -0.15) is 0 Å². The number of rotatable bonds is 4. The summed E-state index contributed by atoms with van der Waals surface area (Å²) in [5.74, 6) is -0.341. The lowest BCUT2D eigenvalue weighted by molar-refractivity contribution is 0.252. The van der Waals surface area contributed by atoms with E-state index in [0.717, 1.165) is 19.3 Å². The first-order valence-corrected chi connectivity index (χ1v) is 7.62. The second kappa shape index (κ2) is 7.43. The highest BCUT2D eigenvalue weighted by molar-refractivity contribution is 9.10. The van der Waals surface area contributed by atoms with Gasteiger partial charge < -0.3 is 10.6 Å². The molecule has 5 heteroatoms. The minimum atomic E-state index is -0.341. The second-order valence-electron chi connectivity index (χ2n) is 4.86. The lowest BCUT2D eigenvalue weighted by Gasteiger charge is -2.13. The minimum Gasteiger partial charge on any atom is -0.338 e. The Morgan fingerprint density at radius 3 is 2.90 bits per heavy atom. The lowest BCUT2D eigenvalue weighted by Crippen LogP contribution is -2.29. The Morgan fingerprint density at radius 2 is 2.20 bits per heavy atom. The number of halogens is 2. The van der Waals surface area contributed by atoms with Crippen LogP contribution in [0.15, 0.2) is 34.3 Å². The normalized spacial score (nSPS) is 14.6. The standard InChI is InChI=1S/C15H18BrFN2O/c16-13-10-12(17)6-7-14(13)19-15(20)18-9-8-11-4-2-1-3-5-11/h4,6-7,10H,1-3,5,8-9H2,(H2,18,19,20).